The van der Waals surface area contributed by atoms with Gasteiger partial charge in [-0.05, 0) is 87.4 Å². The second-order valence-corrected chi connectivity index (χ2v) is 12.4. The summed E-state index contributed by atoms with van der Waals surface area (Å²) in [6.07, 6.45) is 1.68. The number of nitrogens with one attached hydrogen (secondary N) is 2. The van der Waals surface area contributed by atoms with Gasteiger partial charge in [0.15, 0.2) is 0 Å². The topological polar surface area (TPSA) is 108 Å². The number of nitrogens with zero attached hydrogens (tertiary/aromatic N) is 1. The first kappa shape index (κ1) is 31.9. The van der Waals surface area contributed by atoms with E-state index in [0.717, 1.165) is 36.0 Å². The van der Waals surface area contributed by atoms with Crippen LogP contribution in [-0.4, -0.2) is 45.6 Å². The van der Waals surface area contributed by atoms with Crippen LogP contribution in [0.3, 0.4) is 0 Å². The van der Waals surface area contributed by atoms with Gasteiger partial charge in [0, 0.05) is 12.5 Å². The SMILES string of the molecule is CCc1ccc(C(C(=O)Nc2c(C)cccc2Cl)N(C(=O)C(Cc2ccc(O)cc2)NC(=O)OC(C)(C)C)C2CC2)cc1. The van der Waals surface area contributed by atoms with Crippen LogP contribution in [0.2, 0.25) is 5.02 Å². The van der Waals surface area contributed by atoms with Gasteiger partial charge in [-0.2, -0.15) is 0 Å². The predicted molar refractivity (Wildman–Crippen MR) is 168 cm³/mol. The third-order valence-corrected chi connectivity index (χ3v) is 7.58. The summed E-state index contributed by atoms with van der Waals surface area (Å²) in [4.78, 5) is 43.3. The number of carbonyl (C=O) groups excluding carboxylic acids is 3. The normalized spacial score (nSPS) is 14.4. The summed E-state index contributed by atoms with van der Waals surface area (Å²) < 4.78 is 5.50. The molecule has 2 atom stereocenters. The Morgan fingerprint density at radius 1 is 1.00 bits per heavy atom. The van der Waals surface area contributed by atoms with E-state index in [0.29, 0.717) is 16.3 Å². The number of halogens is 1. The first-order valence-corrected chi connectivity index (χ1v) is 15.0. The Bertz CT molecular complexity index is 1430. The number of aromatic hydroxyl groups is 1. The van der Waals surface area contributed by atoms with E-state index in [4.69, 9.17) is 16.3 Å². The Morgan fingerprint density at radius 2 is 1.63 bits per heavy atom. The zero-order valence-corrected chi connectivity index (χ0v) is 26.1. The van der Waals surface area contributed by atoms with Crippen LogP contribution in [0, 0.1) is 6.92 Å². The zero-order chi connectivity index (χ0) is 31.3. The van der Waals surface area contributed by atoms with Gasteiger partial charge in [-0.3, -0.25) is 9.59 Å². The van der Waals surface area contributed by atoms with E-state index in [-0.39, 0.29) is 18.2 Å². The lowest BCUT2D eigenvalue weighted by molar-refractivity contribution is -0.141. The number of benzene rings is 3. The van der Waals surface area contributed by atoms with Gasteiger partial charge in [-0.1, -0.05) is 67.1 Å². The number of carbonyl (C=O) groups is 3. The molecule has 43 heavy (non-hydrogen) atoms. The third kappa shape index (κ3) is 8.51. The van der Waals surface area contributed by atoms with Gasteiger partial charge in [0.25, 0.3) is 5.91 Å². The van der Waals surface area contributed by atoms with Gasteiger partial charge in [0.05, 0.1) is 10.7 Å². The summed E-state index contributed by atoms with van der Waals surface area (Å²) in [6, 6.07) is 17.3. The van der Waals surface area contributed by atoms with Crippen molar-refractivity contribution in [2.45, 2.75) is 84.0 Å². The highest BCUT2D eigenvalue weighted by Crippen LogP contribution is 2.37. The molecule has 1 aliphatic rings. The van der Waals surface area contributed by atoms with Crippen LogP contribution >= 0.6 is 11.6 Å². The average molecular weight is 606 g/mol. The fourth-order valence-corrected chi connectivity index (χ4v) is 5.19. The maximum atomic E-state index is 14.5. The Morgan fingerprint density at radius 3 is 2.19 bits per heavy atom. The highest BCUT2D eigenvalue weighted by Gasteiger charge is 2.44. The number of hydrogen-bond donors (Lipinski definition) is 3. The van der Waals surface area contributed by atoms with Crippen molar-refractivity contribution in [2.75, 3.05) is 5.32 Å². The minimum absolute atomic E-state index is 0.0912. The number of para-hydroxylation sites is 1. The molecule has 2 unspecified atom stereocenters. The van der Waals surface area contributed by atoms with Crippen LogP contribution in [0.1, 0.15) is 68.8 Å². The fraction of sp³-hybridized carbons (Fsp3) is 0.382. The van der Waals surface area contributed by atoms with Gasteiger partial charge in [-0.15, -0.1) is 0 Å². The summed E-state index contributed by atoms with van der Waals surface area (Å²) in [7, 11) is 0. The number of ether oxygens (including phenoxy) is 1. The summed E-state index contributed by atoms with van der Waals surface area (Å²) in [6.45, 7) is 9.15. The summed E-state index contributed by atoms with van der Waals surface area (Å²) in [5, 5.41) is 15.9. The molecule has 9 heteroatoms. The standard InChI is InChI=1S/C34H40ClN3O5/c1-6-22-10-14-24(15-11-22)30(31(40)37-29-21(2)8-7-9-27(29)35)38(25-16-17-25)32(41)28(36-33(42)43-34(3,4)5)20-23-12-18-26(39)19-13-23/h7-15,18-19,25,28,30,39H,6,16-17,20H2,1-5H3,(H,36,42)(H,37,40). The lowest BCUT2D eigenvalue weighted by Gasteiger charge is -2.35. The average Bonchev–Trinajstić information content (AvgIpc) is 3.78. The molecular weight excluding hydrogens is 566 g/mol. The molecule has 0 heterocycles. The number of aryl methyl sites for hydroxylation is 2. The van der Waals surface area contributed by atoms with Gasteiger partial charge in [0.2, 0.25) is 5.91 Å². The van der Waals surface area contributed by atoms with E-state index in [1.165, 1.54) is 12.1 Å². The molecular formula is C34H40ClN3O5. The van der Waals surface area contributed by atoms with E-state index in [1.807, 2.05) is 43.3 Å². The van der Waals surface area contributed by atoms with E-state index < -0.39 is 35.6 Å². The summed E-state index contributed by atoms with van der Waals surface area (Å²) in [5.74, 6) is -0.716. The number of phenols is 1. The van der Waals surface area contributed by atoms with E-state index in [9.17, 15) is 19.5 Å². The Hall–Kier alpha value is -4.04. The van der Waals surface area contributed by atoms with Crippen LogP contribution in [0.25, 0.3) is 0 Å². The third-order valence-electron chi connectivity index (χ3n) is 7.26. The zero-order valence-electron chi connectivity index (χ0n) is 25.3. The Labute approximate surface area is 258 Å². The number of amides is 3. The molecule has 0 aromatic heterocycles. The van der Waals surface area contributed by atoms with Gasteiger partial charge in [0.1, 0.15) is 23.4 Å². The quantitative estimate of drug-likeness (QED) is 0.238. The molecule has 8 nitrogen and oxygen atoms in total. The summed E-state index contributed by atoms with van der Waals surface area (Å²) in [5.41, 5.74) is 2.99. The molecule has 0 spiro atoms. The van der Waals surface area contributed by atoms with Crippen LogP contribution < -0.4 is 10.6 Å². The predicted octanol–water partition coefficient (Wildman–Crippen LogP) is 6.72. The van der Waals surface area contributed by atoms with Crippen molar-refractivity contribution in [3.05, 3.63) is 94.0 Å². The van der Waals surface area contributed by atoms with Gasteiger partial charge in [-0.25, -0.2) is 4.79 Å². The Kier molecular flexibility index (Phi) is 10.0. The van der Waals surface area contributed by atoms with Gasteiger partial charge >= 0.3 is 6.09 Å². The summed E-state index contributed by atoms with van der Waals surface area (Å²) >= 11 is 6.47. The molecule has 1 saturated carbocycles. The molecule has 3 amide bonds. The van der Waals surface area contributed by atoms with Crippen LogP contribution in [-0.2, 0) is 27.2 Å². The van der Waals surface area contributed by atoms with Crippen molar-refractivity contribution in [2.24, 2.45) is 0 Å². The maximum absolute atomic E-state index is 14.5. The molecule has 0 radical (unpaired) electrons. The number of phenolic OH excluding ortho intramolecular Hbond substituents is 1. The number of rotatable bonds is 10. The van der Waals surface area contributed by atoms with E-state index in [2.05, 4.69) is 17.6 Å². The fourth-order valence-electron chi connectivity index (χ4n) is 4.92. The van der Waals surface area contributed by atoms with Crippen molar-refractivity contribution in [1.82, 2.24) is 10.2 Å². The van der Waals surface area contributed by atoms with Crippen LogP contribution in [0.15, 0.2) is 66.7 Å². The van der Waals surface area contributed by atoms with Crippen molar-refractivity contribution in [3.8, 4) is 5.75 Å². The second kappa shape index (κ2) is 13.5. The van der Waals surface area contributed by atoms with Crippen molar-refractivity contribution >= 4 is 35.2 Å². The minimum Gasteiger partial charge on any atom is -0.508 e. The lowest BCUT2D eigenvalue weighted by Crippen LogP contribution is -2.54. The minimum atomic E-state index is -1.03. The molecule has 4 rings (SSSR count). The molecule has 3 aromatic rings. The molecule has 0 bridgehead atoms. The second-order valence-electron chi connectivity index (χ2n) is 12.0. The highest BCUT2D eigenvalue weighted by molar-refractivity contribution is 6.34. The maximum Gasteiger partial charge on any atom is 0.408 e. The number of alkyl carbamates (subject to hydrolysis) is 1. The first-order chi connectivity index (χ1) is 20.4. The number of anilines is 1. The van der Waals surface area contributed by atoms with Crippen LogP contribution in [0.5, 0.6) is 5.75 Å². The van der Waals surface area contributed by atoms with Crippen LogP contribution in [0.4, 0.5) is 10.5 Å². The number of hydrogen-bond acceptors (Lipinski definition) is 5. The van der Waals surface area contributed by atoms with Crippen molar-refractivity contribution in [1.29, 1.82) is 0 Å². The molecule has 3 N–H and O–H groups in total. The van der Waals surface area contributed by atoms with Crippen molar-refractivity contribution < 1.29 is 24.2 Å². The Balaban J connectivity index is 1.74. The molecule has 0 aliphatic heterocycles. The molecule has 1 fully saturated rings. The van der Waals surface area contributed by atoms with E-state index >= 15 is 0 Å². The molecule has 3 aromatic carbocycles. The lowest BCUT2D eigenvalue weighted by atomic mass is 9.98. The largest absolute Gasteiger partial charge is 0.508 e. The van der Waals surface area contributed by atoms with Crippen molar-refractivity contribution in [3.63, 3.8) is 0 Å². The van der Waals surface area contributed by atoms with E-state index in [1.54, 1.807) is 43.9 Å². The smallest absolute Gasteiger partial charge is 0.408 e. The molecule has 1 aliphatic carbocycles. The molecule has 228 valence electrons. The highest BCUT2D eigenvalue weighted by atomic mass is 35.5. The first-order valence-electron chi connectivity index (χ1n) is 14.6. The van der Waals surface area contributed by atoms with Gasteiger partial charge < -0.3 is 25.4 Å². The monoisotopic (exact) mass is 605 g/mol. The molecule has 0 saturated heterocycles.